The Morgan fingerprint density at radius 2 is 2.36 bits per heavy atom. The second-order valence-corrected chi connectivity index (χ2v) is 4.86. The van der Waals surface area contributed by atoms with Crippen molar-refractivity contribution in [3.05, 3.63) is 0 Å². The molecule has 1 saturated heterocycles. The molecule has 3 nitrogen and oxygen atoms in total. The molecule has 1 N–H and O–H groups in total. The number of rotatable bonds is 4. The summed E-state index contributed by atoms with van der Waals surface area (Å²) in [5, 5.41) is 3.95. The molecule has 0 radical (unpaired) electrons. The van der Waals surface area contributed by atoms with Crippen LogP contribution in [0.25, 0.3) is 0 Å². The topological polar surface area (TPSA) is 38.3 Å². The van der Waals surface area contributed by atoms with E-state index in [0.717, 1.165) is 37.6 Å². The number of hydrogen-bond donors (Lipinski definition) is 1. The van der Waals surface area contributed by atoms with Gasteiger partial charge in [-0.25, -0.2) is 0 Å². The lowest BCUT2D eigenvalue weighted by molar-refractivity contribution is -0.124. The van der Waals surface area contributed by atoms with E-state index >= 15 is 0 Å². The minimum Gasteiger partial charge on any atom is -0.378 e. The summed E-state index contributed by atoms with van der Waals surface area (Å²) in [4.78, 5) is 11.6. The van der Waals surface area contributed by atoms with E-state index in [2.05, 4.69) is 21.2 Å². The molecule has 0 spiro atoms. The molecule has 0 aromatic rings. The predicted molar refractivity (Wildman–Crippen MR) is 57.5 cm³/mol. The molecule has 1 aliphatic heterocycles. The molecule has 14 heavy (non-hydrogen) atoms. The summed E-state index contributed by atoms with van der Waals surface area (Å²) in [5.74, 6) is 0.147. The van der Waals surface area contributed by atoms with Crippen molar-refractivity contribution in [3.8, 4) is 0 Å². The second-order valence-electron chi connectivity index (χ2n) is 4.30. The van der Waals surface area contributed by atoms with Crippen LogP contribution >= 0.6 is 15.9 Å². The Morgan fingerprint density at radius 1 is 1.57 bits per heavy atom. The number of amides is 1. The molecule has 2 aliphatic rings. The van der Waals surface area contributed by atoms with Gasteiger partial charge in [-0.1, -0.05) is 15.9 Å². The second kappa shape index (κ2) is 4.19. The maximum atomic E-state index is 11.6. The molecule has 4 heteroatoms. The lowest BCUT2D eigenvalue weighted by atomic mass is 10.1. The molecule has 1 heterocycles. The van der Waals surface area contributed by atoms with Crippen LogP contribution in [-0.4, -0.2) is 29.5 Å². The minimum atomic E-state index is 0.0791. The van der Waals surface area contributed by atoms with Crippen LogP contribution in [0.1, 0.15) is 32.1 Å². The van der Waals surface area contributed by atoms with Gasteiger partial charge >= 0.3 is 0 Å². The van der Waals surface area contributed by atoms with Gasteiger partial charge in [0.1, 0.15) is 0 Å². The van der Waals surface area contributed by atoms with Gasteiger partial charge in [0.2, 0.25) is 5.91 Å². The van der Waals surface area contributed by atoms with Gasteiger partial charge in [-0.15, -0.1) is 0 Å². The number of hydrogen-bond acceptors (Lipinski definition) is 2. The number of halogens is 1. The molecular weight excluding hydrogens is 246 g/mol. The number of carbonyl (C=O) groups excluding carboxylic acids is 1. The van der Waals surface area contributed by atoms with Crippen LogP contribution in [0, 0.1) is 0 Å². The van der Waals surface area contributed by atoms with Crippen LogP contribution in [0.2, 0.25) is 0 Å². The van der Waals surface area contributed by atoms with Gasteiger partial charge in [-0.3, -0.25) is 4.79 Å². The van der Waals surface area contributed by atoms with Crippen LogP contribution in [0.4, 0.5) is 0 Å². The maximum absolute atomic E-state index is 11.6. The first kappa shape index (κ1) is 10.4. The summed E-state index contributed by atoms with van der Waals surface area (Å²) in [6.07, 6.45) is 5.05. The first-order chi connectivity index (χ1) is 6.74. The molecule has 0 bridgehead atoms. The SMILES string of the molecule is O=C(CC1CCCO1)NC1(CBr)CC1. The highest BCUT2D eigenvalue weighted by Gasteiger charge is 2.43. The Kier molecular flexibility index (Phi) is 3.12. The van der Waals surface area contributed by atoms with E-state index < -0.39 is 0 Å². The fourth-order valence-electron chi connectivity index (χ4n) is 1.80. The first-order valence-corrected chi connectivity index (χ1v) is 6.35. The molecule has 1 saturated carbocycles. The average molecular weight is 262 g/mol. The fourth-order valence-corrected chi connectivity index (χ4v) is 2.50. The molecule has 2 rings (SSSR count). The Hall–Kier alpha value is -0.0900. The minimum absolute atomic E-state index is 0.0791. The largest absolute Gasteiger partial charge is 0.378 e. The zero-order valence-corrected chi connectivity index (χ0v) is 9.81. The molecule has 1 amide bonds. The summed E-state index contributed by atoms with van der Waals surface area (Å²) in [7, 11) is 0. The molecule has 1 aliphatic carbocycles. The lowest BCUT2D eigenvalue weighted by Crippen LogP contribution is -2.39. The van der Waals surface area contributed by atoms with Crippen LogP contribution in [-0.2, 0) is 9.53 Å². The van der Waals surface area contributed by atoms with E-state index in [1.54, 1.807) is 0 Å². The van der Waals surface area contributed by atoms with Crippen LogP contribution in [0.5, 0.6) is 0 Å². The van der Waals surface area contributed by atoms with Gasteiger partial charge in [-0.05, 0) is 25.7 Å². The molecule has 0 aromatic carbocycles. The number of ether oxygens (including phenoxy) is 1. The Balaban J connectivity index is 1.73. The van der Waals surface area contributed by atoms with E-state index in [-0.39, 0.29) is 17.6 Å². The van der Waals surface area contributed by atoms with E-state index in [9.17, 15) is 4.79 Å². The number of nitrogens with one attached hydrogen (secondary N) is 1. The smallest absolute Gasteiger partial charge is 0.223 e. The van der Waals surface area contributed by atoms with Crippen molar-refractivity contribution in [2.45, 2.75) is 43.7 Å². The third-order valence-electron chi connectivity index (χ3n) is 2.95. The van der Waals surface area contributed by atoms with Crippen molar-refractivity contribution in [1.82, 2.24) is 5.32 Å². The summed E-state index contributed by atoms with van der Waals surface area (Å²) < 4.78 is 5.42. The molecule has 1 atom stereocenters. The third-order valence-corrected chi connectivity index (χ3v) is 4.02. The van der Waals surface area contributed by atoms with Gasteiger partial charge < -0.3 is 10.1 Å². The standard InChI is InChI=1S/C10H16BrNO2/c11-7-10(3-4-10)12-9(13)6-8-2-1-5-14-8/h8H,1-7H2,(H,12,13). The van der Waals surface area contributed by atoms with Crippen molar-refractivity contribution in [3.63, 3.8) is 0 Å². The van der Waals surface area contributed by atoms with Gasteiger partial charge in [-0.2, -0.15) is 0 Å². The van der Waals surface area contributed by atoms with E-state index in [4.69, 9.17) is 4.74 Å². The van der Waals surface area contributed by atoms with Gasteiger partial charge in [0.15, 0.2) is 0 Å². The Labute approximate surface area is 92.7 Å². The monoisotopic (exact) mass is 261 g/mol. The van der Waals surface area contributed by atoms with Crippen LogP contribution < -0.4 is 5.32 Å². The average Bonchev–Trinajstić information content (AvgIpc) is 2.74. The van der Waals surface area contributed by atoms with Crippen molar-refractivity contribution in [1.29, 1.82) is 0 Å². The van der Waals surface area contributed by atoms with Crippen molar-refractivity contribution >= 4 is 21.8 Å². The Bertz CT molecular complexity index is 222. The van der Waals surface area contributed by atoms with Gasteiger partial charge in [0.05, 0.1) is 12.5 Å². The summed E-state index contributed by atoms with van der Waals surface area (Å²) in [6.45, 7) is 0.821. The van der Waals surface area contributed by atoms with Crippen molar-refractivity contribution in [2.75, 3.05) is 11.9 Å². The highest BCUT2D eigenvalue weighted by Crippen LogP contribution is 2.37. The Morgan fingerprint density at radius 3 is 2.86 bits per heavy atom. The quantitative estimate of drug-likeness (QED) is 0.781. The van der Waals surface area contributed by atoms with Gasteiger partial charge in [0, 0.05) is 17.5 Å². The van der Waals surface area contributed by atoms with Crippen molar-refractivity contribution < 1.29 is 9.53 Å². The summed E-state index contributed by atoms with van der Waals surface area (Å²) in [6, 6.07) is 0. The highest BCUT2D eigenvalue weighted by atomic mass is 79.9. The number of carbonyl (C=O) groups is 1. The highest BCUT2D eigenvalue weighted by molar-refractivity contribution is 9.09. The molecule has 1 unspecified atom stereocenters. The van der Waals surface area contributed by atoms with E-state index in [1.165, 1.54) is 0 Å². The van der Waals surface area contributed by atoms with Gasteiger partial charge in [0.25, 0.3) is 0 Å². The normalized spacial score (nSPS) is 28.8. The third kappa shape index (κ3) is 2.48. The summed E-state index contributed by atoms with van der Waals surface area (Å²) >= 11 is 3.43. The van der Waals surface area contributed by atoms with E-state index in [1.807, 2.05) is 0 Å². The molecule has 80 valence electrons. The maximum Gasteiger partial charge on any atom is 0.223 e. The zero-order valence-electron chi connectivity index (χ0n) is 8.22. The lowest BCUT2D eigenvalue weighted by Gasteiger charge is -2.15. The van der Waals surface area contributed by atoms with Crippen LogP contribution in [0.3, 0.4) is 0 Å². The van der Waals surface area contributed by atoms with Crippen LogP contribution in [0.15, 0.2) is 0 Å². The molecule has 2 fully saturated rings. The predicted octanol–water partition coefficient (Wildman–Crippen LogP) is 1.60. The zero-order chi connectivity index (χ0) is 10.0. The van der Waals surface area contributed by atoms with E-state index in [0.29, 0.717) is 6.42 Å². The molecular formula is C10H16BrNO2. The molecule has 0 aromatic heterocycles. The first-order valence-electron chi connectivity index (χ1n) is 5.23. The van der Waals surface area contributed by atoms with Crippen molar-refractivity contribution in [2.24, 2.45) is 0 Å². The summed E-state index contributed by atoms with van der Waals surface area (Å²) in [5.41, 5.74) is 0.0791. The fraction of sp³-hybridized carbons (Fsp3) is 0.900. The number of alkyl halides is 1.